The van der Waals surface area contributed by atoms with Crippen LogP contribution in [-0.2, 0) is 9.47 Å². The van der Waals surface area contributed by atoms with E-state index < -0.39 is 0 Å². The molecule has 92 valence electrons. The maximum absolute atomic E-state index is 9.58. The van der Waals surface area contributed by atoms with Gasteiger partial charge in [-0.25, -0.2) is 0 Å². The molecule has 3 nitrogen and oxygen atoms in total. The Morgan fingerprint density at radius 3 is 1.94 bits per heavy atom. The summed E-state index contributed by atoms with van der Waals surface area (Å²) in [6, 6.07) is 0. The molecule has 0 unspecified atom stereocenters. The van der Waals surface area contributed by atoms with Gasteiger partial charge in [0.1, 0.15) is 0 Å². The van der Waals surface area contributed by atoms with Crippen molar-refractivity contribution in [1.82, 2.24) is 0 Å². The van der Waals surface area contributed by atoms with Crippen LogP contribution in [0.3, 0.4) is 0 Å². The largest absolute Gasteiger partial charge is 0.393 e. The number of ether oxygens (including phenoxy) is 2. The lowest BCUT2D eigenvalue weighted by atomic mass is 9.63. The third-order valence-electron chi connectivity index (χ3n) is 4.90. The van der Waals surface area contributed by atoms with E-state index in [9.17, 15) is 5.11 Å². The molecule has 16 heavy (non-hydrogen) atoms. The number of aliphatic hydroxyl groups is 1. The van der Waals surface area contributed by atoms with E-state index in [1.165, 1.54) is 25.7 Å². The van der Waals surface area contributed by atoms with Crippen molar-refractivity contribution in [2.45, 2.75) is 63.3 Å². The van der Waals surface area contributed by atoms with Gasteiger partial charge in [-0.05, 0) is 43.9 Å². The standard InChI is InChI=1S/C13H22O3/c14-11-1-3-12(4-2-11)5-7-13(8-6-12)15-9-10-16-13/h11,14H,1-10H2. The molecule has 3 heteroatoms. The van der Waals surface area contributed by atoms with E-state index in [1.54, 1.807) is 0 Å². The summed E-state index contributed by atoms with van der Waals surface area (Å²) in [6.07, 6.45) is 8.91. The van der Waals surface area contributed by atoms with Gasteiger partial charge in [0.25, 0.3) is 0 Å². The van der Waals surface area contributed by atoms with Crippen LogP contribution in [0.4, 0.5) is 0 Å². The Hall–Kier alpha value is -0.120. The lowest BCUT2D eigenvalue weighted by Gasteiger charge is -2.46. The highest BCUT2D eigenvalue weighted by Crippen LogP contribution is 2.51. The van der Waals surface area contributed by atoms with Crippen LogP contribution in [0.25, 0.3) is 0 Å². The van der Waals surface area contributed by atoms with Gasteiger partial charge in [-0.2, -0.15) is 0 Å². The fraction of sp³-hybridized carbons (Fsp3) is 1.00. The van der Waals surface area contributed by atoms with Crippen molar-refractivity contribution in [3.8, 4) is 0 Å². The van der Waals surface area contributed by atoms with Crippen LogP contribution in [0.5, 0.6) is 0 Å². The molecule has 0 bridgehead atoms. The smallest absolute Gasteiger partial charge is 0.168 e. The lowest BCUT2D eigenvalue weighted by Crippen LogP contribution is -2.42. The third-order valence-corrected chi connectivity index (χ3v) is 4.90. The van der Waals surface area contributed by atoms with E-state index in [-0.39, 0.29) is 11.9 Å². The summed E-state index contributed by atoms with van der Waals surface area (Å²) in [5, 5.41) is 9.58. The molecule has 2 spiro atoms. The van der Waals surface area contributed by atoms with E-state index in [2.05, 4.69) is 0 Å². The van der Waals surface area contributed by atoms with Crippen molar-refractivity contribution in [1.29, 1.82) is 0 Å². The van der Waals surface area contributed by atoms with Crippen molar-refractivity contribution in [2.24, 2.45) is 5.41 Å². The van der Waals surface area contributed by atoms with Gasteiger partial charge >= 0.3 is 0 Å². The van der Waals surface area contributed by atoms with E-state index in [1.807, 2.05) is 0 Å². The average Bonchev–Trinajstić information content (AvgIpc) is 2.76. The summed E-state index contributed by atoms with van der Waals surface area (Å²) in [7, 11) is 0. The monoisotopic (exact) mass is 226 g/mol. The van der Waals surface area contributed by atoms with Gasteiger partial charge in [0, 0.05) is 12.8 Å². The predicted molar refractivity (Wildman–Crippen MR) is 60.0 cm³/mol. The zero-order valence-electron chi connectivity index (χ0n) is 9.91. The highest BCUT2D eigenvalue weighted by atomic mass is 16.7. The first-order valence-electron chi connectivity index (χ1n) is 6.68. The zero-order valence-corrected chi connectivity index (χ0v) is 9.91. The molecule has 0 atom stereocenters. The Kier molecular flexibility index (Phi) is 2.73. The van der Waals surface area contributed by atoms with Gasteiger partial charge in [-0.3, -0.25) is 0 Å². The Morgan fingerprint density at radius 1 is 0.812 bits per heavy atom. The maximum Gasteiger partial charge on any atom is 0.168 e. The topological polar surface area (TPSA) is 38.7 Å². The molecule has 3 aliphatic rings. The van der Waals surface area contributed by atoms with E-state index in [4.69, 9.17) is 9.47 Å². The molecule has 0 aromatic heterocycles. The lowest BCUT2D eigenvalue weighted by molar-refractivity contribution is -0.195. The minimum Gasteiger partial charge on any atom is -0.393 e. The first-order valence-corrected chi connectivity index (χ1v) is 6.68. The molecule has 3 rings (SSSR count). The van der Waals surface area contributed by atoms with Crippen LogP contribution in [-0.4, -0.2) is 30.2 Å². The first kappa shape index (κ1) is 11.0. The van der Waals surface area contributed by atoms with Crippen molar-refractivity contribution in [3.05, 3.63) is 0 Å². The van der Waals surface area contributed by atoms with Crippen molar-refractivity contribution < 1.29 is 14.6 Å². The first-order chi connectivity index (χ1) is 7.72. The van der Waals surface area contributed by atoms with E-state index in [0.717, 1.165) is 38.9 Å². The van der Waals surface area contributed by atoms with Crippen molar-refractivity contribution in [3.63, 3.8) is 0 Å². The number of rotatable bonds is 0. The third kappa shape index (κ3) is 1.89. The Bertz CT molecular complexity index is 238. The quantitative estimate of drug-likeness (QED) is 0.688. The normalized spacial score (nSPS) is 33.6. The second kappa shape index (κ2) is 3.97. The summed E-state index contributed by atoms with van der Waals surface area (Å²) in [5.41, 5.74) is 0.500. The molecule has 0 aromatic carbocycles. The summed E-state index contributed by atoms with van der Waals surface area (Å²) >= 11 is 0. The van der Waals surface area contributed by atoms with E-state index in [0.29, 0.717) is 5.41 Å². The zero-order chi connectivity index (χ0) is 11.1. The molecule has 1 N–H and O–H groups in total. The number of aliphatic hydroxyl groups excluding tert-OH is 1. The Labute approximate surface area is 97.1 Å². The molecule has 3 fully saturated rings. The van der Waals surface area contributed by atoms with Gasteiger partial charge in [0.15, 0.2) is 5.79 Å². The van der Waals surface area contributed by atoms with Crippen LogP contribution in [0.2, 0.25) is 0 Å². The number of hydrogen-bond acceptors (Lipinski definition) is 3. The van der Waals surface area contributed by atoms with Crippen LogP contribution < -0.4 is 0 Å². The van der Waals surface area contributed by atoms with E-state index >= 15 is 0 Å². The fourth-order valence-corrected chi connectivity index (χ4v) is 3.66. The molecule has 0 amide bonds. The molecule has 1 heterocycles. The van der Waals surface area contributed by atoms with Crippen molar-refractivity contribution in [2.75, 3.05) is 13.2 Å². The molecule has 0 radical (unpaired) electrons. The number of hydrogen-bond donors (Lipinski definition) is 1. The maximum atomic E-state index is 9.58. The summed E-state index contributed by atoms with van der Waals surface area (Å²) in [5.74, 6) is -0.221. The van der Waals surface area contributed by atoms with Crippen LogP contribution in [0, 0.1) is 5.41 Å². The molecular weight excluding hydrogens is 204 g/mol. The Morgan fingerprint density at radius 2 is 1.38 bits per heavy atom. The highest BCUT2D eigenvalue weighted by molar-refractivity contribution is 4.93. The van der Waals surface area contributed by atoms with Crippen LogP contribution >= 0.6 is 0 Å². The SMILES string of the molecule is OC1CCC2(CC1)CCC1(CC2)OCCO1. The molecule has 1 saturated heterocycles. The fourth-order valence-electron chi connectivity index (χ4n) is 3.66. The second-order valence-electron chi connectivity index (χ2n) is 5.84. The molecular formula is C13H22O3. The minimum atomic E-state index is -0.221. The minimum absolute atomic E-state index is 0.0412. The second-order valence-corrected chi connectivity index (χ2v) is 5.84. The molecule has 2 aliphatic carbocycles. The van der Waals surface area contributed by atoms with Crippen molar-refractivity contribution >= 4 is 0 Å². The Balaban J connectivity index is 1.61. The average molecular weight is 226 g/mol. The van der Waals surface area contributed by atoms with Gasteiger partial charge < -0.3 is 14.6 Å². The molecule has 0 aromatic rings. The van der Waals surface area contributed by atoms with Gasteiger partial charge in [0.05, 0.1) is 19.3 Å². The summed E-state index contributed by atoms with van der Waals surface area (Å²) in [4.78, 5) is 0. The van der Waals surface area contributed by atoms with Gasteiger partial charge in [-0.1, -0.05) is 0 Å². The van der Waals surface area contributed by atoms with Gasteiger partial charge in [0.2, 0.25) is 0 Å². The molecule has 1 aliphatic heterocycles. The highest BCUT2D eigenvalue weighted by Gasteiger charge is 2.46. The predicted octanol–water partition coefficient (Wildman–Crippen LogP) is 2.22. The molecule has 2 saturated carbocycles. The summed E-state index contributed by atoms with van der Waals surface area (Å²) in [6.45, 7) is 1.54. The van der Waals surface area contributed by atoms with Gasteiger partial charge in [-0.15, -0.1) is 0 Å². The van der Waals surface area contributed by atoms with Crippen LogP contribution in [0.1, 0.15) is 51.4 Å². The summed E-state index contributed by atoms with van der Waals surface area (Å²) < 4.78 is 11.5. The van der Waals surface area contributed by atoms with Crippen LogP contribution in [0.15, 0.2) is 0 Å².